The van der Waals surface area contributed by atoms with Crippen molar-refractivity contribution in [2.24, 2.45) is 5.92 Å². The Kier molecular flexibility index (Phi) is 7.17. The van der Waals surface area contributed by atoms with Crippen molar-refractivity contribution < 1.29 is 41.0 Å². The lowest BCUT2D eigenvalue weighted by Gasteiger charge is -2.38. The van der Waals surface area contributed by atoms with Crippen molar-refractivity contribution in [2.75, 3.05) is 0 Å². The molecule has 0 amide bonds. The van der Waals surface area contributed by atoms with Gasteiger partial charge in [-0.2, -0.15) is 26.3 Å². The van der Waals surface area contributed by atoms with E-state index in [9.17, 15) is 36.2 Å². The van der Waals surface area contributed by atoms with Gasteiger partial charge in [-0.3, -0.25) is 4.79 Å². The minimum Gasteiger partial charge on any atom is -0.481 e. The van der Waals surface area contributed by atoms with E-state index in [1.165, 1.54) is 0 Å². The smallest absolute Gasteiger partial charge is 0.416 e. The molecule has 174 valence electrons. The normalized spacial score (nSPS) is 22.0. The summed E-state index contributed by atoms with van der Waals surface area (Å²) in [6.07, 6.45) is -8.66. The molecule has 0 aliphatic heterocycles. The van der Waals surface area contributed by atoms with Gasteiger partial charge in [0, 0.05) is 12.3 Å². The van der Waals surface area contributed by atoms with Crippen LogP contribution in [-0.4, -0.2) is 17.2 Å². The second-order valence-corrected chi connectivity index (χ2v) is 7.99. The summed E-state index contributed by atoms with van der Waals surface area (Å²) in [6.45, 7) is -0.444. The topological polar surface area (TPSA) is 46.5 Å². The van der Waals surface area contributed by atoms with Gasteiger partial charge in [-0.05, 0) is 48.1 Å². The number of hydrogen-bond acceptors (Lipinski definition) is 2. The molecule has 1 fully saturated rings. The molecule has 9 heteroatoms. The first kappa shape index (κ1) is 24.1. The molecule has 0 heterocycles. The summed E-state index contributed by atoms with van der Waals surface area (Å²) < 4.78 is 84.6. The lowest BCUT2D eigenvalue weighted by Crippen LogP contribution is -2.34. The first-order valence-electron chi connectivity index (χ1n) is 10.1. The third-order valence-corrected chi connectivity index (χ3v) is 5.70. The maximum Gasteiger partial charge on any atom is 0.416 e. The Hall–Kier alpha value is -2.55. The zero-order chi connectivity index (χ0) is 23.5. The molecule has 0 bridgehead atoms. The second kappa shape index (κ2) is 9.52. The van der Waals surface area contributed by atoms with Crippen molar-refractivity contribution in [1.82, 2.24) is 0 Å². The number of carboxylic acids is 1. The molecule has 0 unspecified atom stereocenters. The minimum atomic E-state index is -4.93. The quantitative estimate of drug-likeness (QED) is 0.490. The average molecular weight is 460 g/mol. The molecule has 1 N–H and O–H groups in total. The van der Waals surface area contributed by atoms with Crippen molar-refractivity contribution >= 4 is 5.97 Å². The number of hydrogen-bond donors (Lipinski definition) is 1. The fourth-order valence-corrected chi connectivity index (χ4v) is 4.35. The summed E-state index contributed by atoms with van der Waals surface area (Å²) >= 11 is 0. The van der Waals surface area contributed by atoms with Gasteiger partial charge in [0.25, 0.3) is 0 Å². The molecule has 0 saturated heterocycles. The van der Waals surface area contributed by atoms with E-state index >= 15 is 0 Å². The van der Waals surface area contributed by atoms with Gasteiger partial charge >= 0.3 is 18.3 Å². The van der Waals surface area contributed by atoms with Gasteiger partial charge in [0.05, 0.1) is 23.8 Å². The Morgan fingerprint density at radius 3 is 2.06 bits per heavy atom. The summed E-state index contributed by atoms with van der Waals surface area (Å²) in [5.41, 5.74) is -2.18. The van der Waals surface area contributed by atoms with Crippen molar-refractivity contribution in [3.8, 4) is 0 Å². The highest BCUT2D eigenvalue weighted by atomic mass is 19.4. The van der Waals surface area contributed by atoms with E-state index < -0.39 is 42.2 Å². The number of halogens is 6. The van der Waals surface area contributed by atoms with Gasteiger partial charge in [-0.25, -0.2) is 0 Å². The Morgan fingerprint density at radius 2 is 1.53 bits per heavy atom. The molecular formula is C23H22F6O3. The largest absolute Gasteiger partial charge is 0.481 e. The van der Waals surface area contributed by atoms with Gasteiger partial charge in [0.2, 0.25) is 0 Å². The van der Waals surface area contributed by atoms with Gasteiger partial charge in [-0.1, -0.05) is 36.8 Å². The van der Waals surface area contributed by atoms with Crippen LogP contribution in [0.5, 0.6) is 0 Å². The van der Waals surface area contributed by atoms with Gasteiger partial charge < -0.3 is 9.84 Å². The number of carbonyl (C=O) groups is 1. The summed E-state index contributed by atoms with van der Waals surface area (Å²) in [5.74, 6) is -1.54. The molecule has 2 aromatic carbocycles. The first-order chi connectivity index (χ1) is 14.9. The zero-order valence-corrected chi connectivity index (χ0v) is 16.9. The van der Waals surface area contributed by atoms with Crippen LogP contribution in [0.2, 0.25) is 0 Å². The standard InChI is InChI=1S/C23H22F6O3/c24-22(25,26)17-9-14(10-18(12-17)23(27,28)29)13-32-19-8-4-7-16(11-20(30)31)21(19)15-5-2-1-3-6-15/h1-3,5-6,9-10,12,16,19,21H,4,7-8,11,13H2,(H,30,31)/t16-,19+,21-/m1/s1. The predicted molar refractivity (Wildman–Crippen MR) is 104 cm³/mol. The summed E-state index contributed by atoms with van der Waals surface area (Å²) in [5, 5.41) is 9.28. The maximum absolute atomic E-state index is 13.1. The van der Waals surface area contributed by atoms with E-state index in [-0.39, 0.29) is 29.9 Å². The van der Waals surface area contributed by atoms with Crippen molar-refractivity contribution in [3.05, 3.63) is 70.8 Å². The molecule has 1 saturated carbocycles. The number of benzene rings is 2. The van der Waals surface area contributed by atoms with E-state index in [2.05, 4.69) is 0 Å². The van der Waals surface area contributed by atoms with Crippen LogP contribution in [0.15, 0.2) is 48.5 Å². The number of carboxylic acid groups (broad SMARTS) is 1. The third-order valence-electron chi connectivity index (χ3n) is 5.70. The molecule has 0 radical (unpaired) electrons. The van der Waals surface area contributed by atoms with Gasteiger partial charge in [0.15, 0.2) is 0 Å². The Bertz CT molecular complexity index is 891. The Morgan fingerprint density at radius 1 is 0.938 bits per heavy atom. The molecule has 3 nitrogen and oxygen atoms in total. The highest BCUT2D eigenvalue weighted by Crippen LogP contribution is 2.42. The molecular weight excluding hydrogens is 438 g/mol. The van der Waals surface area contributed by atoms with Crippen LogP contribution in [0, 0.1) is 5.92 Å². The minimum absolute atomic E-state index is 0.0831. The van der Waals surface area contributed by atoms with Crippen LogP contribution in [0.4, 0.5) is 26.3 Å². The maximum atomic E-state index is 13.1. The van der Waals surface area contributed by atoms with Crippen LogP contribution >= 0.6 is 0 Å². The van der Waals surface area contributed by atoms with Crippen LogP contribution in [-0.2, 0) is 28.5 Å². The lowest BCUT2D eigenvalue weighted by atomic mass is 9.72. The van der Waals surface area contributed by atoms with Crippen molar-refractivity contribution in [1.29, 1.82) is 0 Å². The molecule has 1 aliphatic carbocycles. The molecule has 32 heavy (non-hydrogen) atoms. The number of ether oxygens (including phenoxy) is 1. The third kappa shape index (κ3) is 6.03. The van der Waals surface area contributed by atoms with Crippen LogP contribution in [0.25, 0.3) is 0 Å². The van der Waals surface area contributed by atoms with E-state index in [1.807, 2.05) is 12.1 Å². The lowest BCUT2D eigenvalue weighted by molar-refractivity contribution is -0.143. The van der Waals surface area contributed by atoms with E-state index in [0.29, 0.717) is 31.4 Å². The number of aliphatic carboxylic acids is 1. The van der Waals surface area contributed by atoms with E-state index in [4.69, 9.17) is 4.74 Å². The highest BCUT2D eigenvalue weighted by molar-refractivity contribution is 5.67. The highest BCUT2D eigenvalue weighted by Gasteiger charge is 2.38. The molecule has 2 aromatic rings. The van der Waals surface area contributed by atoms with Gasteiger partial charge in [0.1, 0.15) is 0 Å². The summed E-state index contributed by atoms with van der Waals surface area (Å²) in [4.78, 5) is 11.3. The SMILES string of the molecule is O=C(O)C[C@H]1CCC[C@H](OCc2cc(C(F)(F)F)cc(C(F)(F)F)c2)[C@@H]1c1ccccc1. The Labute approximate surface area is 181 Å². The van der Waals surface area contributed by atoms with E-state index in [1.54, 1.807) is 18.2 Å². The van der Waals surface area contributed by atoms with Crippen LogP contribution < -0.4 is 0 Å². The van der Waals surface area contributed by atoms with E-state index in [0.717, 1.165) is 5.56 Å². The monoisotopic (exact) mass is 460 g/mol. The summed E-state index contributed by atoms with van der Waals surface area (Å²) in [7, 11) is 0. The van der Waals surface area contributed by atoms with Crippen LogP contribution in [0.1, 0.15) is 53.9 Å². The first-order valence-corrected chi connectivity index (χ1v) is 10.1. The van der Waals surface area contributed by atoms with Gasteiger partial charge in [-0.15, -0.1) is 0 Å². The predicted octanol–water partition coefficient (Wildman–Crippen LogP) is 6.67. The van der Waals surface area contributed by atoms with Crippen molar-refractivity contribution in [2.45, 2.75) is 56.7 Å². The molecule has 1 aliphatic rings. The fraction of sp³-hybridized carbons (Fsp3) is 0.435. The second-order valence-electron chi connectivity index (χ2n) is 7.99. The van der Waals surface area contributed by atoms with Crippen LogP contribution in [0.3, 0.4) is 0 Å². The summed E-state index contributed by atoms with van der Waals surface area (Å²) in [6, 6.07) is 10.4. The zero-order valence-electron chi connectivity index (χ0n) is 16.9. The Balaban J connectivity index is 1.87. The molecule has 0 aromatic heterocycles. The average Bonchev–Trinajstić information content (AvgIpc) is 2.71. The van der Waals surface area contributed by atoms with Crippen molar-refractivity contribution in [3.63, 3.8) is 0 Å². The number of alkyl halides is 6. The molecule has 3 rings (SSSR count). The number of rotatable bonds is 6. The molecule has 0 spiro atoms. The molecule has 3 atom stereocenters. The fourth-order valence-electron chi connectivity index (χ4n) is 4.35.